The summed E-state index contributed by atoms with van der Waals surface area (Å²) < 4.78 is 12.9. The fourth-order valence-electron chi connectivity index (χ4n) is 0.0408. The van der Waals surface area contributed by atoms with Crippen LogP contribution >= 0.6 is 0 Å². The van der Waals surface area contributed by atoms with E-state index in [-0.39, 0.29) is 0 Å². The number of nitrogens with zero attached hydrogens (tertiary/aromatic N) is 1. The van der Waals surface area contributed by atoms with E-state index in [2.05, 4.69) is 3.57 Å². The van der Waals surface area contributed by atoms with Gasteiger partial charge in [-0.25, -0.2) is 0 Å². The summed E-state index contributed by atoms with van der Waals surface area (Å²) in [5, 5.41) is 0. The third kappa shape index (κ3) is 4.26. The molecule has 0 rings (SSSR count). The van der Waals surface area contributed by atoms with Crippen LogP contribution in [-0.4, -0.2) is 6.54 Å². The maximum absolute atomic E-state index is 9.41. The van der Waals surface area contributed by atoms with Crippen molar-refractivity contribution in [3.63, 3.8) is 0 Å². The Morgan fingerprint density at radius 3 is 2.60 bits per heavy atom. The second kappa shape index (κ2) is 4.26. The van der Waals surface area contributed by atoms with Gasteiger partial charge in [0.15, 0.2) is 0 Å². The molecule has 34 valence electrons. The molecule has 0 aromatic heterocycles. The average Bonchev–Trinajstić information content (AvgIpc) is 1.41. The average molecular weight is 165 g/mol. The van der Waals surface area contributed by atoms with Crippen molar-refractivity contribution in [3.8, 4) is 0 Å². The molecule has 0 atom stereocenters. The molecule has 0 aliphatic heterocycles. The Labute approximate surface area is 38.9 Å². The molecule has 0 heterocycles. The zero-order chi connectivity index (χ0) is 4.12. The SMILES string of the molecule is CC[N]=[Pd]=[O]. The van der Waals surface area contributed by atoms with Crippen LogP contribution in [-0.2, 0) is 21.2 Å². The van der Waals surface area contributed by atoms with Gasteiger partial charge in [-0.3, -0.25) is 0 Å². The van der Waals surface area contributed by atoms with Crippen molar-refractivity contribution < 1.29 is 21.2 Å². The van der Waals surface area contributed by atoms with Crippen LogP contribution in [0.25, 0.3) is 0 Å². The van der Waals surface area contributed by atoms with E-state index in [0.29, 0.717) is 6.54 Å². The summed E-state index contributed by atoms with van der Waals surface area (Å²) in [6.07, 6.45) is 0. The standard InChI is InChI=1S/C2H5N.O.Pd/c1-2-3;;/h2H2,1H3;;. The van der Waals surface area contributed by atoms with Gasteiger partial charge in [0.05, 0.1) is 0 Å². The van der Waals surface area contributed by atoms with Gasteiger partial charge < -0.3 is 0 Å². The molecule has 0 fully saturated rings. The van der Waals surface area contributed by atoms with Crippen LogP contribution in [0.1, 0.15) is 6.92 Å². The Hall–Kier alpha value is 0.262. The Morgan fingerprint density at radius 1 is 2.00 bits per heavy atom. The zero-order valence-electron chi connectivity index (χ0n) is 2.88. The van der Waals surface area contributed by atoms with E-state index in [1.165, 1.54) is 0 Å². The predicted molar refractivity (Wildman–Crippen MR) is 13.7 cm³/mol. The summed E-state index contributed by atoms with van der Waals surface area (Å²) in [7, 11) is 0. The first-order chi connectivity index (χ1) is 2.41. The van der Waals surface area contributed by atoms with E-state index in [1.54, 1.807) is 0 Å². The van der Waals surface area contributed by atoms with Crippen LogP contribution in [0.3, 0.4) is 0 Å². The van der Waals surface area contributed by atoms with Gasteiger partial charge in [0.25, 0.3) is 0 Å². The van der Waals surface area contributed by atoms with Crippen molar-refractivity contribution in [1.82, 2.24) is 0 Å². The topological polar surface area (TPSA) is 29.4 Å². The number of rotatable bonds is 1. The molecule has 5 heavy (non-hydrogen) atoms. The summed E-state index contributed by atoms with van der Waals surface area (Å²) in [5.74, 6) is 0. The van der Waals surface area contributed by atoms with Gasteiger partial charge in [0.1, 0.15) is 0 Å². The second-order valence-electron chi connectivity index (χ2n) is 0.474. The van der Waals surface area contributed by atoms with Crippen molar-refractivity contribution in [2.24, 2.45) is 3.57 Å². The predicted octanol–water partition coefficient (Wildman–Crippen LogP) is 0.618. The molecule has 0 saturated heterocycles. The third-order valence-corrected chi connectivity index (χ3v) is 0.833. The van der Waals surface area contributed by atoms with Crippen molar-refractivity contribution in [1.29, 1.82) is 0 Å². The van der Waals surface area contributed by atoms with Crippen LogP contribution in [0.4, 0.5) is 0 Å². The fraction of sp³-hybridized carbons (Fsp3) is 1.00. The molecular formula is C2H5NOPd. The van der Waals surface area contributed by atoms with Gasteiger partial charge in [0.2, 0.25) is 0 Å². The minimum atomic E-state index is -0.616. The van der Waals surface area contributed by atoms with Gasteiger partial charge in [0, 0.05) is 0 Å². The van der Waals surface area contributed by atoms with Crippen molar-refractivity contribution in [2.45, 2.75) is 6.92 Å². The molecule has 0 spiro atoms. The summed E-state index contributed by atoms with van der Waals surface area (Å²) >= 11 is -0.616. The third-order valence-electron chi connectivity index (χ3n) is 0.141. The van der Waals surface area contributed by atoms with E-state index >= 15 is 0 Å². The van der Waals surface area contributed by atoms with Crippen molar-refractivity contribution in [3.05, 3.63) is 0 Å². The van der Waals surface area contributed by atoms with Crippen LogP contribution < -0.4 is 0 Å². The summed E-state index contributed by atoms with van der Waals surface area (Å²) in [4.78, 5) is 0. The Kier molecular flexibility index (Phi) is 4.49. The number of hydrogen-bond donors (Lipinski definition) is 0. The summed E-state index contributed by atoms with van der Waals surface area (Å²) in [6.45, 7) is 2.54. The van der Waals surface area contributed by atoms with Crippen molar-refractivity contribution in [2.75, 3.05) is 6.54 Å². The second-order valence-corrected chi connectivity index (χ2v) is 1.25. The Balaban J connectivity index is 2.93. The quantitative estimate of drug-likeness (QED) is 0.524. The molecule has 3 heteroatoms. The van der Waals surface area contributed by atoms with Gasteiger partial charge in [-0.1, -0.05) is 0 Å². The summed E-state index contributed by atoms with van der Waals surface area (Å²) in [6, 6.07) is 0. The van der Waals surface area contributed by atoms with Crippen LogP contribution in [0.15, 0.2) is 3.57 Å². The van der Waals surface area contributed by atoms with E-state index in [1.807, 2.05) is 6.92 Å². The van der Waals surface area contributed by atoms with E-state index in [4.69, 9.17) is 0 Å². The molecule has 0 radical (unpaired) electrons. The first kappa shape index (κ1) is 5.26. The fourth-order valence-corrected chi connectivity index (χ4v) is 0.242. The Morgan fingerprint density at radius 2 is 2.60 bits per heavy atom. The molecule has 2 nitrogen and oxygen atoms in total. The van der Waals surface area contributed by atoms with E-state index < -0.39 is 17.8 Å². The molecule has 0 N–H and O–H groups in total. The molecule has 0 saturated carbocycles. The van der Waals surface area contributed by atoms with E-state index in [9.17, 15) is 3.47 Å². The molecule has 0 aromatic rings. The van der Waals surface area contributed by atoms with Crippen LogP contribution in [0.2, 0.25) is 0 Å². The maximum atomic E-state index is 9.41. The van der Waals surface area contributed by atoms with Gasteiger partial charge >= 0.3 is 38.3 Å². The van der Waals surface area contributed by atoms with Gasteiger partial charge in [-0.2, -0.15) is 0 Å². The monoisotopic (exact) mass is 165 g/mol. The molecule has 0 aliphatic rings. The molecule has 0 bridgehead atoms. The van der Waals surface area contributed by atoms with E-state index in [0.717, 1.165) is 0 Å². The van der Waals surface area contributed by atoms with Crippen LogP contribution in [0.5, 0.6) is 0 Å². The molecule has 0 aromatic carbocycles. The minimum absolute atomic E-state index is 0.616. The summed E-state index contributed by atoms with van der Waals surface area (Å²) in [5.41, 5.74) is 0. The molecule has 0 aliphatic carbocycles. The first-order valence-corrected chi connectivity index (χ1v) is 2.62. The first-order valence-electron chi connectivity index (χ1n) is 1.29. The van der Waals surface area contributed by atoms with Crippen molar-refractivity contribution >= 4 is 0 Å². The molecule has 0 unspecified atom stereocenters. The zero-order valence-corrected chi connectivity index (χ0v) is 4.43. The molecular weight excluding hydrogens is 160 g/mol. The van der Waals surface area contributed by atoms with Gasteiger partial charge in [-0.15, -0.1) is 0 Å². The van der Waals surface area contributed by atoms with Gasteiger partial charge in [-0.05, 0) is 0 Å². The molecule has 0 amide bonds. The normalized spacial score (nSPS) is 8.20. The number of hydrogen-bond acceptors (Lipinski definition) is 2. The van der Waals surface area contributed by atoms with Crippen LogP contribution in [0, 0.1) is 0 Å². The Bertz CT molecular complexity index is 56.7.